The molecule has 0 saturated carbocycles. The number of hydrogen-bond acceptors (Lipinski definition) is 2. The Balaban J connectivity index is 1.76. The highest BCUT2D eigenvalue weighted by molar-refractivity contribution is 5.75. The molecule has 126 valence electrons. The number of alkyl halides is 1. The number of para-hydroxylation sites is 2. The summed E-state index contributed by atoms with van der Waals surface area (Å²) >= 11 is 0. The molecule has 0 N–H and O–H groups in total. The first-order valence-electron chi connectivity index (χ1n) is 8.03. The average Bonchev–Trinajstić information content (AvgIpc) is 3.21. The Morgan fingerprint density at radius 2 is 1.92 bits per heavy atom. The number of aryl methyl sites for hydroxylation is 1. The molecule has 4 aromatic rings. The normalized spacial score (nSPS) is 11.3. The number of aromatic nitrogens is 4. The summed E-state index contributed by atoms with van der Waals surface area (Å²) in [5, 5.41) is 0. The van der Waals surface area contributed by atoms with Gasteiger partial charge in [0.2, 0.25) is 0 Å². The summed E-state index contributed by atoms with van der Waals surface area (Å²) < 4.78 is 30.3. The highest BCUT2D eigenvalue weighted by atomic mass is 19.1. The molecule has 0 bridgehead atoms. The molecule has 0 saturated heterocycles. The average molecular weight is 338 g/mol. The van der Waals surface area contributed by atoms with Crippen LogP contribution in [0.15, 0.2) is 60.9 Å². The molecule has 0 radical (unpaired) electrons. The van der Waals surface area contributed by atoms with Gasteiger partial charge in [-0.05, 0) is 24.3 Å². The van der Waals surface area contributed by atoms with E-state index in [0.717, 1.165) is 16.9 Å². The number of imidazole rings is 2. The van der Waals surface area contributed by atoms with Gasteiger partial charge in [0.1, 0.15) is 24.1 Å². The maximum Gasteiger partial charge on any atom is 0.140 e. The lowest BCUT2D eigenvalue weighted by molar-refractivity contribution is 0.442. The highest BCUT2D eigenvalue weighted by Crippen LogP contribution is 2.21. The molecule has 0 aliphatic carbocycles. The minimum atomic E-state index is -0.464. The summed E-state index contributed by atoms with van der Waals surface area (Å²) in [7, 11) is 0. The van der Waals surface area contributed by atoms with Gasteiger partial charge in [-0.2, -0.15) is 0 Å². The number of rotatable bonds is 5. The van der Waals surface area contributed by atoms with Crippen LogP contribution in [0.4, 0.5) is 8.78 Å². The van der Waals surface area contributed by atoms with E-state index in [1.807, 2.05) is 45.7 Å². The summed E-state index contributed by atoms with van der Waals surface area (Å²) in [6, 6.07) is 14.0. The van der Waals surface area contributed by atoms with Crippen LogP contribution in [0.3, 0.4) is 0 Å². The van der Waals surface area contributed by atoms with Gasteiger partial charge in [0.15, 0.2) is 0 Å². The van der Waals surface area contributed by atoms with E-state index >= 15 is 0 Å². The first kappa shape index (κ1) is 15.5. The van der Waals surface area contributed by atoms with Gasteiger partial charge in [0.25, 0.3) is 0 Å². The molecule has 0 amide bonds. The number of fused-ring (bicyclic) bond motifs is 1. The molecular weight excluding hydrogens is 322 g/mol. The summed E-state index contributed by atoms with van der Waals surface area (Å²) in [4.78, 5) is 8.97. The molecule has 2 heterocycles. The third-order valence-electron chi connectivity index (χ3n) is 4.15. The molecule has 0 fully saturated rings. The van der Waals surface area contributed by atoms with Gasteiger partial charge in [0.05, 0.1) is 24.1 Å². The molecule has 4 rings (SSSR count). The van der Waals surface area contributed by atoms with Gasteiger partial charge in [-0.1, -0.05) is 24.3 Å². The number of halogens is 2. The fourth-order valence-electron chi connectivity index (χ4n) is 3.06. The molecule has 0 unspecified atom stereocenters. The third kappa shape index (κ3) is 2.91. The van der Waals surface area contributed by atoms with E-state index < -0.39 is 6.67 Å². The lowest BCUT2D eigenvalue weighted by atomic mass is 10.2. The molecule has 2 aromatic carbocycles. The molecule has 0 aliphatic rings. The molecule has 6 heteroatoms. The largest absolute Gasteiger partial charge is 0.324 e. The first-order chi connectivity index (χ1) is 12.3. The van der Waals surface area contributed by atoms with E-state index in [2.05, 4.69) is 9.97 Å². The monoisotopic (exact) mass is 338 g/mol. The summed E-state index contributed by atoms with van der Waals surface area (Å²) in [6.45, 7) is 0.217. The van der Waals surface area contributed by atoms with Crippen LogP contribution in [-0.4, -0.2) is 25.8 Å². The van der Waals surface area contributed by atoms with E-state index in [1.165, 1.54) is 12.1 Å². The zero-order chi connectivity index (χ0) is 17.2. The molecule has 4 nitrogen and oxygen atoms in total. The van der Waals surface area contributed by atoms with Crippen molar-refractivity contribution in [3.8, 4) is 11.4 Å². The zero-order valence-electron chi connectivity index (χ0n) is 13.4. The SMILES string of the molecule is FCCn1c(Cn2ccnc2-c2cccc(F)c2)nc2ccccc21. The van der Waals surface area contributed by atoms with E-state index in [9.17, 15) is 8.78 Å². The number of benzene rings is 2. The molecule has 2 aromatic heterocycles. The van der Waals surface area contributed by atoms with E-state index in [-0.39, 0.29) is 12.4 Å². The Labute approximate surface area is 143 Å². The van der Waals surface area contributed by atoms with Crippen molar-refractivity contribution in [2.24, 2.45) is 0 Å². The minimum absolute atomic E-state index is 0.250. The Morgan fingerprint density at radius 1 is 1.04 bits per heavy atom. The molecule has 25 heavy (non-hydrogen) atoms. The highest BCUT2D eigenvalue weighted by Gasteiger charge is 2.13. The van der Waals surface area contributed by atoms with Gasteiger partial charge in [-0.15, -0.1) is 0 Å². The Hall–Kier alpha value is -3.02. The zero-order valence-corrected chi connectivity index (χ0v) is 13.4. The minimum Gasteiger partial charge on any atom is -0.324 e. The predicted octanol–water partition coefficient (Wildman–Crippen LogP) is 4.06. The van der Waals surface area contributed by atoms with E-state index in [0.29, 0.717) is 17.9 Å². The number of nitrogens with zero attached hydrogens (tertiary/aromatic N) is 4. The Kier molecular flexibility index (Phi) is 4.01. The smallest absolute Gasteiger partial charge is 0.140 e. The Bertz CT molecular complexity index is 1020. The van der Waals surface area contributed by atoms with Crippen molar-refractivity contribution in [2.75, 3.05) is 6.67 Å². The topological polar surface area (TPSA) is 35.6 Å². The van der Waals surface area contributed by atoms with Crippen LogP contribution in [0.25, 0.3) is 22.4 Å². The Morgan fingerprint density at radius 3 is 2.76 bits per heavy atom. The lowest BCUT2D eigenvalue weighted by Crippen LogP contribution is -2.10. The fraction of sp³-hybridized carbons (Fsp3) is 0.158. The van der Waals surface area contributed by atoms with Crippen LogP contribution in [0, 0.1) is 5.82 Å². The second kappa shape index (κ2) is 6.47. The maximum atomic E-state index is 13.5. The van der Waals surface area contributed by atoms with Gasteiger partial charge >= 0.3 is 0 Å². The van der Waals surface area contributed by atoms with Crippen molar-refractivity contribution in [3.05, 3.63) is 72.6 Å². The van der Waals surface area contributed by atoms with Crippen LogP contribution in [0.5, 0.6) is 0 Å². The fourth-order valence-corrected chi connectivity index (χ4v) is 3.06. The summed E-state index contributed by atoms with van der Waals surface area (Å²) in [6.07, 6.45) is 3.49. The molecule has 0 spiro atoms. The van der Waals surface area contributed by atoms with E-state index in [4.69, 9.17) is 0 Å². The van der Waals surface area contributed by atoms with Crippen molar-refractivity contribution in [1.82, 2.24) is 19.1 Å². The van der Waals surface area contributed by atoms with Gasteiger partial charge in [-0.25, -0.2) is 18.7 Å². The van der Waals surface area contributed by atoms with Crippen LogP contribution in [-0.2, 0) is 13.1 Å². The van der Waals surface area contributed by atoms with Crippen LogP contribution >= 0.6 is 0 Å². The van der Waals surface area contributed by atoms with Crippen molar-refractivity contribution < 1.29 is 8.78 Å². The molecular formula is C19H16F2N4. The third-order valence-corrected chi connectivity index (χ3v) is 4.15. The van der Waals surface area contributed by atoms with Crippen LogP contribution in [0.1, 0.15) is 5.82 Å². The summed E-state index contributed by atoms with van der Waals surface area (Å²) in [5.74, 6) is 1.09. The maximum absolute atomic E-state index is 13.5. The quantitative estimate of drug-likeness (QED) is 0.550. The second-order valence-corrected chi connectivity index (χ2v) is 5.75. The summed E-state index contributed by atoms with van der Waals surface area (Å²) in [5.41, 5.74) is 2.43. The second-order valence-electron chi connectivity index (χ2n) is 5.75. The number of hydrogen-bond donors (Lipinski definition) is 0. The van der Waals surface area contributed by atoms with Crippen LogP contribution in [0.2, 0.25) is 0 Å². The van der Waals surface area contributed by atoms with Gasteiger partial charge in [-0.3, -0.25) is 0 Å². The van der Waals surface area contributed by atoms with Crippen molar-refractivity contribution >= 4 is 11.0 Å². The van der Waals surface area contributed by atoms with E-state index in [1.54, 1.807) is 12.3 Å². The predicted molar refractivity (Wildman–Crippen MR) is 92.4 cm³/mol. The van der Waals surface area contributed by atoms with Crippen molar-refractivity contribution in [3.63, 3.8) is 0 Å². The van der Waals surface area contributed by atoms with Crippen molar-refractivity contribution in [2.45, 2.75) is 13.1 Å². The first-order valence-corrected chi connectivity index (χ1v) is 8.03. The lowest BCUT2D eigenvalue weighted by Gasteiger charge is -2.10. The van der Waals surface area contributed by atoms with Gasteiger partial charge in [0, 0.05) is 18.0 Å². The standard InChI is InChI=1S/C19H16F2N4/c20-8-10-25-17-7-2-1-6-16(17)23-18(25)13-24-11-9-22-19(24)14-4-3-5-15(21)12-14/h1-7,9,11-12H,8,10,13H2. The van der Waals surface area contributed by atoms with Crippen molar-refractivity contribution in [1.29, 1.82) is 0 Å². The van der Waals surface area contributed by atoms with Gasteiger partial charge < -0.3 is 9.13 Å². The van der Waals surface area contributed by atoms with Crippen LogP contribution < -0.4 is 0 Å². The molecule has 0 atom stereocenters. The molecule has 0 aliphatic heterocycles.